The molecule has 1 aromatic carbocycles. The Hall–Kier alpha value is -3.40. The Morgan fingerprint density at radius 2 is 1.97 bits per heavy atom. The van der Waals surface area contributed by atoms with Crippen LogP contribution >= 0.6 is 11.3 Å². The maximum Gasteiger partial charge on any atom is 0.255 e. The number of methoxy groups -OCH3 is 1. The van der Waals surface area contributed by atoms with Crippen LogP contribution in [0.5, 0.6) is 0 Å². The van der Waals surface area contributed by atoms with E-state index in [1.807, 2.05) is 29.6 Å². The number of carbonyl (C=O) groups is 1. The molecule has 35 heavy (non-hydrogen) atoms. The molecule has 4 aromatic rings. The molecule has 1 amide bonds. The molecule has 1 saturated heterocycles. The predicted molar refractivity (Wildman–Crippen MR) is 135 cm³/mol. The van der Waals surface area contributed by atoms with Crippen molar-refractivity contribution in [3.8, 4) is 16.5 Å². The zero-order valence-electron chi connectivity index (χ0n) is 19.6. The number of piperidine rings is 1. The van der Waals surface area contributed by atoms with Crippen molar-refractivity contribution in [2.45, 2.75) is 32.0 Å². The molecule has 0 atom stereocenters. The zero-order chi connectivity index (χ0) is 24.0. The molecule has 3 aromatic heterocycles. The summed E-state index contributed by atoms with van der Waals surface area (Å²) in [6.45, 7) is 3.07. The lowest BCUT2D eigenvalue weighted by Crippen LogP contribution is -2.44. The molecule has 0 bridgehead atoms. The number of hydrogen-bond acceptors (Lipinski definition) is 7. The number of ether oxygens (including phenoxy) is 1. The van der Waals surface area contributed by atoms with Gasteiger partial charge in [-0.1, -0.05) is 36.4 Å². The fourth-order valence-corrected chi connectivity index (χ4v) is 5.06. The fraction of sp³-hybridized carbons (Fsp3) is 0.308. The quantitative estimate of drug-likeness (QED) is 0.405. The van der Waals surface area contributed by atoms with Gasteiger partial charge in [-0.25, -0.2) is 9.97 Å². The first-order valence-corrected chi connectivity index (χ1v) is 12.6. The third kappa shape index (κ3) is 5.48. The minimum absolute atomic E-state index is 0.131. The van der Waals surface area contributed by atoms with Crippen molar-refractivity contribution >= 4 is 17.2 Å². The van der Waals surface area contributed by atoms with Gasteiger partial charge in [0.1, 0.15) is 0 Å². The van der Waals surface area contributed by atoms with E-state index in [1.165, 1.54) is 5.56 Å². The minimum atomic E-state index is -0.140. The van der Waals surface area contributed by atoms with Gasteiger partial charge in [0.15, 0.2) is 0 Å². The molecule has 180 valence electrons. The van der Waals surface area contributed by atoms with Crippen LogP contribution in [-0.2, 0) is 17.9 Å². The van der Waals surface area contributed by atoms with Gasteiger partial charge in [0, 0.05) is 39.0 Å². The summed E-state index contributed by atoms with van der Waals surface area (Å²) in [5.74, 6) is 0.274. The van der Waals surface area contributed by atoms with Gasteiger partial charge in [0.2, 0.25) is 0 Å². The zero-order valence-corrected chi connectivity index (χ0v) is 20.4. The van der Waals surface area contributed by atoms with Crippen molar-refractivity contribution in [1.29, 1.82) is 0 Å². The Labute approximate surface area is 208 Å². The number of carbonyl (C=O) groups excluding carboxylic acids is 1. The summed E-state index contributed by atoms with van der Waals surface area (Å²) in [7, 11) is 1.60. The van der Waals surface area contributed by atoms with E-state index in [9.17, 15) is 4.79 Å². The van der Waals surface area contributed by atoms with Crippen molar-refractivity contribution in [1.82, 2.24) is 30.0 Å². The molecule has 5 rings (SSSR count). The molecule has 0 saturated carbocycles. The number of hydrogen-bond donors (Lipinski definition) is 1. The summed E-state index contributed by atoms with van der Waals surface area (Å²) in [5, 5.41) is 9.66. The van der Waals surface area contributed by atoms with E-state index in [2.05, 4.69) is 49.5 Å². The summed E-state index contributed by atoms with van der Waals surface area (Å²) >= 11 is 1.61. The van der Waals surface area contributed by atoms with E-state index >= 15 is 0 Å². The summed E-state index contributed by atoms with van der Waals surface area (Å²) in [6, 6.07) is 16.5. The highest BCUT2D eigenvalue weighted by atomic mass is 32.1. The molecule has 1 aliphatic heterocycles. The summed E-state index contributed by atoms with van der Waals surface area (Å²) in [5.41, 5.74) is 3.26. The second kappa shape index (κ2) is 10.9. The highest BCUT2D eigenvalue weighted by Crippen LogP contribution is 2.23. The van der Waals surface area contributed by atoms with Gasteiger partial charge in [-0.15, -0.1) is 11.3 Å². The Bertz CT molecular complexity index is 1250. The van der Waals surface area contributed by atoms with Crippen LogP contribution in [0.15, 0.2) is 66.3 Å². The van der Waals surface area contributed by atoms with Crippen molar-refractivity contribution in [3.05, 3.63) is 83.1 Å². The molecule has 8 nitrogen and oxygen atoms in total. The molecular weight excluding hydrogens is 460 g/mol. The van der Waals surface area contributed by atoms with Crippen LogP contribution in [0, 0.1) is 0 Å². The molecule has 0 aliphatic carbocycles. The van der Waals surface area contributed by atoms with Crippen LogP contribution in [0.2, 0.25) is 0 Å². The van der Waals surface area contributed by atoms with Gasteiger partial charge in [0.05, 0.1) is 34.6 Å². The molecule has 1 fully saturated rings. The molecule has 0 radical (unpaired) electrons. The summed E-state index contributed by atoms with van der Waals surface area (Å²) < 4.78 is 7.00. The van der Waals surface area contributed by atoms with Crippen LogP contribution < -0.4 is 5.32 Å². The van der Waals surface area contributed by atoms with Gasteiger partial charge in [-0.3, -0.25) is 9.69 Å². The van der Waals surface area contributed by atoms with Gasteiger partial charge < -0.3 is 10.1 Å². The fourth-order valence-electron chi connectivity index (χ4n) is 4.36. The summed E-state index contributed by atoms with van der Waals surface area (Å²) in [6.07, 6.45) is 5.12. The van der Waals surface area contributed by atoms with Crippen LogP contribution in [0.3, 0.4) is 0 Å². The molecule has 0 unspecified atom stereocenters. The Morgan fingerprint density at radius 1 is 1.14 bits per heavy atom. The lowest BCUT2D eigenvalue weighted by molar-refractivity contribution is 0.0903. The van der Waals surface area contributed by atoms with Crippen LogP contribution in [-0.4, -0.2) is 56.8 Å². The van der Waals surface area contributed by atoms with Crippen LogP contribution in [0.25, 0.3) is 16.5 Å². The Balaban J connectivity index is 1.27. The average Bonchev–Trinajstić information content (AvgIpc) is 3.57. The summed E-state index contributed by atoms with van der Waals surface area (Å²) in [4.78, 5) is 25.7. The predicted octanol–water partition coefficient (Wildman–Crippen LogP) is 3.93. The maximum absolute atomic E-state index is 13.2. The second-order valence-corrected chi connectivity index (χ2v) is 9.53. The van der Waals surface area contributed by atoms with Crippen molar-refractivity contribution < 1.29 is 9.53 Å². The molecule has 9 heteroatoms. The normalized spacial score (nSPS) is 14.8. The molecule has 1 aliphatic rings. The first-order chi connectivity index (χ1) is 17.2. The first-order valence-electron chi connectivity index (χ1n) is 11.7. The molecule has 1 N–H and O–H groups in total. The van der Waals surface area contributed by atoms with Gasteiger partial charge in [0.25, 0.3) is 11.9 Å². The topological polar surface area (TPSA) is 85.2 Å². The Kier molecular flexibility index (Phi) is 7.27. The van der Waals surface area contributed by atoms with E-state index < -0.39 is 0 Å². The van der Waals surface area contributed by atoms with Crippen LogP contribution in [0.4, 0.5) is 0 Å². The van der Waals surface area contributed by atoms with E-state index in [0.29, 0.717) is 17.2 Å². The SMILES string of the molecule is COCc1c(C(=O)NC2CCN(Cc3ccccc3)CC2)cnn1-c1nccc(-c2cccs2)n1. The lowest BCUT2D eigenvalue weighted by atomic mass is 10.0. The van der Waals surface area contributed by atoms with E-state index in [1.54, 1.807) is 35.5 Å². The molecule has 0 spiro atoms. The minimum Gasteiger partial charge on any atom is -0.378 e. The van der Waals surface area contributed by atoms with Crippen molar-refractivity contribution in [2.24, 2.45) is 0 Å². The number of rotatable bonds is 8. The lowest BCUT2D eigenvalue weighted by Gasteiger charge is -2.32. The van der Waals surface area contributed by atoms with Crippen molar-refractivity contribution in [2.75, 3.05) is 20.2 Å². The number of benzene rings is 1. The number of likely N-dealkylation sites (tertiary alicyclic amines) is 1. The van der Waals surface area contributed by atoms with Gasteiger partial charge in [-0.05, 0) is 35.9 Å². The van der Waals surface area contributed by atoms with E-state index in [0.717, 1.165) is 43.0 Å². The van der Waals surface area contributed by atoms with E-state index in [4.69, 9.17) is 4.74 Å². The highest BCUT2D eigenvalue weighted by Gasteiger charge is 2.25. The number of aromatic nitrogens is 4. The Morgan fingerprint density at radius 3 is 2.71 bits per heavy atom. The number of thiophene rings is 1. The second-order valence-electron chi connectivity index (χ2n) is 8.58. The number of nitrogens with zero attached hydrogens (tertiary/aromatic N) is 5. The van der Waals surface area contributed by atoms with Crippen LogP contribution in [0.1, 0.15) is 34.5 Å². The van der Waals surface area contributed by atoms with Gasteiger partial charge >= 0.3 is 0 Å². The van der Waals surface area contributed by atoms with Gasteiger partial charge in [-0.2, -0.15) is 9.78 Å². The molecular formula is C26H28N6O2S. The first kappa shape index (κ1) is 23.3. The smallest absolute Gasteiger partial charge is 0.255 e. The third-order valence-electron chi connectivity index (χ3n) is 6.17. The monoisotopic (exact) mass is 488 g/mol. The average molecular weight is 489 g/mol. The van der Waals surface area contributed by atoms with E-state index in [-0.39, 0.29) is 18.6 Å². The largest absolute Gasteiger partial charge is 0.378 e. The molecule has 4 heterocycles. The van der Waals surface area contributed by atoms with Crippen molar-refractivity contribution in [3.63, 3.8) is 0 Å². The third-order valence-corrected chi connectivity index (χ3v) is 7.06. The highest BCUT2D eigenvalue weighted by molar-refractivity contribution is 7.13. The number of amides is 1. The standard InChI is InChI=1S/C26H28N6O2S/c1-34-18-23-21(16-28-32(23)26-27-12-9-22(30-26)24-8-5-15-35-24)25(33)29-20-10-13-31(14-11-20)17-19-6-3-2-4-7-19/h2-9,12,15-16,20H,10-11,13-14,17-18H2,1H3,(H,29,33). The maximum atomic E-state index is 13.2. The number of nitrogens with one attached hydrogen (secondary N) is 1.